The molecule has 0 saturated heterocycles. The Hall–Kier alpha value is 0.100. The topological polar surface area (TPSA) is 40.5 Å². The van der Waals surface area contributed by atoms with E-state index < -0.39 is 12.2 Å². The summed E-state index contributed by atoms with van der Waals surface area (Å²) in [4.78, 5) is 0. The third-order valence-electron chi connectivity index (χ3n) is 2.29. The first-order valence-corrected chi connectivity index (χ1v) is 7.01. The van der Waals surface area contributed by atoms with E-state index in [-0.39, 0.29) is 0 Å². The van der Waals surface area contributed by atoms with Gasteiger partial charge in [0.05, 0.1) is 6.10 Å². The second-order valence-electron chi connectivity index (χ2n) is 3.32. The standard InChI is InChI=1S/C11H14Br2O2/c12-6-5-10(14)11(15)9-4-2-1-3-8(9)7-13/h1-4,10-11,14-15H,5-7H2. The van der Waals surface area contributed by atoms with Crippen molar-refractivity contribution in [3.63, 3.8) is 0 Å². The summed E-state index contributed by atoms with van der Waals surface area (Å²) in [6.45, 7) is 0. The highest BCUT2D eigenvalue weighted by Gasteiger charge is 2.19. The lowest BCUT2D eigenvalue weighted by Gasteiger charge is -2.19. The van der Waals surface area contributed by atoms with Gasteiger partial charge in [0.1, 0.15) is 6.10 Å². The van der Waals surface area contributed by atoms with Crippen LogP contribution in [-0.4, -0.2) is 21.6 Å². The molecule has 4 heteroatoms. The molecular formula is C11H14Br2O2. The maximum absolute atomic E-state index is 9.94. The fourth-order valence-corrected chi connectivity index (χ4v) is 2.40. The first-order chi connectivity index (χ1) is 7.20. The molecule has 0 radical (unpaired) electrons. The molecule has 0 fully saturated rings. The van der Waals surface area contributed by atoms with E-state index in [4.69, 9.17) is 0 Å². The Morgan fingerprint density at radius 3 is 2.40 bits per heavy atom. The summed E-state index contributed by atoms with van der Waals surface area (Å²) in [5, 5.41) is 21.0. The van der Waals surface area contributed by atoms with Crippen LogP contribution in [0.3, 0.4) is 0 Å². The summed E-state index contributed by atoms with van der Waals surface area (Å²) < 4.78 is 0. The Balaban J connectivity index is 2.84. The zero-order valence-corrected chi connectivity index (χ0v) is 11.4. The van der Waals surface area contributed by atoms with Crippen molar-refractivity contribution in [2.24, 2.45) is 0 Å². The predicted molar refractivity (Wildman–Crippen MR) is 68.5 cm³/mol. The molecule has 15 heavy (non-hydrogen) atoms. The number of alkyl halides is 2. The van der Waals surface area contributed by atoms with Gasteiger partial charge >= 0.3 is 0 Å². The molecule has 2 atom stereocenters. The molecule has 84 valence electrons. The van der Waals surface area contributed by atoms with Gasteiger partial charge in [0.2, 0.25) is 0 Å². The maximum Gasteiger partial charge on any atom is 0.105 e. The zero-order valence-electron chi connectivity index (χ0n) is 8.24. The van der Waals surface area contributed by atoms with Gasteiger partial charge in [-0.25, -0.2) is 0 Å². The van der Waals surface area contributed by atoms with Gasteiger partial charge in [-0.3, -0.25) is 0 Å². The molecule has 0 heterocycles. The summed E-state index contributed by atoms with van der Waals surface area (Å²) in [5.41, 5.74) is 1.81. The van der Waals surface area contributed by atoms with Gasteiger partial charge in [-0.2, -0.15) is 0 Å². The number of hydrogen-bond acceptors (Lipinski definition) is 2. The van der Waals surface area contributed by atoms with Gasteiger partial charge in [-0.1, -0.05) is 56.1 Å². The van der Waals surface area contributed by atoms with Crippen LogP contribution in [0.15, 0.2) is 24.3 Å². The number of rotatable bonds is 5. The summed E-state index contributed by atoms with van der Waals surface area (Å²) >= 11 is 6.61. The highest BCUT2D eigenvalue weighted by atomic mass is 79.9. The molecule has 0 bridgehead atoms. The van der Waals surface area contributed by atoms with Crippen LogP contribution in [0.25, 0.3) is 0 Å². The molecule has 0 spiro atoms. The molecule has 0 aliphatic heterocycles. The van der Waals surface area contributed by atoms with Crippen LogP contribution >= 0.6 is 31.9 Å². The van der Waals surface area contributed by atoms with Gasteiger partial charge in [0.25, 0.3) is 0 Å². The van der Waals surface area contributed by atoms with E-state index in [0.29, 0.717) is 17.1 Å². The second kappa shape index (κ2) is 6.63. The quantitative estimate of drug-likeness (QED) is 0.811. The molecule has 1 rings (SSSR count). The molecule has 2 nitrogen and oxygen atoms in total. The van der Waals surface area contributed by atoms with Crippen LogP contribution in [0.5, 0.6) is 0 Å². The van der Waals surface area contributed by atoms with Crippen molar-refractivity contribution in [1.29, 1.82) is 0 Å². The van der Waals surface area contributed by atoms with E-state index in [2.05, 4.69) is 31.9 Å². The fraction of sp³-hybridized carbons (Fsp3) is 0.455. The van der Waals surface area contributed by atoms with Crippen molar-refractivity contribution in [2.45, 2.75) is 24.0 Å². The van der Waals surface area contributed by atoms with E-state index in [1.54, 1.807) is 0 Å². The minimum atomic E-state index is -0.809. The van der Waals surface area contributed by atoms with Crippen LogP contribution in [0, 0.1) is 0 Å². The third-order valence-corrected chi connectivity index (χ3v) is 3.35. The number of benzene rings is 1. The Morgan fingerprint density at radius 1 is 1.13 bits per heavy atom. The average molecular weight is 338 g/mol. The molecule has 0 aliphatic carbocycles. The number of hydrogen-bond donors (Lipinski definition) is 2. The largest absolute Gasteiger partial charge is 0.390 e. The van der Waals surface area contributed by atoms with E-state index >= 15 is 0 Å². The minimum Gasteiger partial charge on any atom is -0.390 e. The minimum absolute atomic E-state index is 0.539. The lowest BCUT2D eigenvalue weighted by Crippen LogP contribution is -2.19. The highest BCUT2D eigenvalue weighted by Crippen LogP contribution is 2.24. The third kappa shape index (κ3) is 3.55. The lowest BCUT2D eigenvalue weighted by molar-refractivity contribution is 0.0170. The van der Waals surface area contributed by atoms with Crippen molar-refractivity contribution < 1.29 is 10.2 Å². The average Bonchev–Trinajstić information content (AvgIpc) is 2.28. The number of aliphatic hydroxyl groups is 2. The predicted octanol–water partition coefficient (Wildman–Crippen LogP) is 2.76. The Morgan fingerprint density at radius 2 is 1.80 bits per heavy atom. The van der Waals surface area contributed by atoms with Gasteiger partial charge in [-0.15, -0.1) is 0 Å². The van der Waals surface area contributed by atoms with Gasteiger partial charge < -0.3 is 10.2 Å². The van der Waals surface area contributed by atoms with Gasteiger partial charge in [0.15, 0.2) is 0 Å². The Bertz CT molecular complexity index is 304. The molecule has 0 saturated carbocycles. The molecule has 2 N–H and O–H groups in total. The molecule has 2 unspecified atom stereocenters. The SMILES string of the molecule is OC(CCBr)C(O)c1ccccc1CBr. The number of aliphatic hydroxyl groups excluding tert-OH is 2. The number of halogens is 2. The highest BCUT2D eigenvalue weighted by molar-refractivity contribution is 9.09. The second-order valence-corrected chi connectivity index (χ2v) is 4.68. The van der Waals surface area contributed by atoms with Crippen LogP contribution in [0.4, 0.5) is 0 Å². The van der Waals surface area contributed by atoms with Crippen molar-refractivity contribution in [3.05, 3.63) is 35.4 Å². The fourth-order valence-electron chi connectivity index (χ4n) is 1.42. The van der Waals surface area contributed by atoms with Crippen molar-refractivity contribution >= 4 is 31.9 Å². The summed E-state index contributed by atoms with van der Waals surface area (Å²) in [5.74, 6) is 0. The Labute approximate surface area is 107 Å². The van der Waals surface area contributed by atoms with Crippen LogP contribution < -0.4 is 0 Å². The molecule has 0 amide bonds. The molecule has 1 aromatic carbocycles. The maximum atomic E-state index is 9.94. The normalized spacial score (nSPS) is 14.9. The van der Waals surface area contributed by atoms with E-state index in [9.17, 15) is 10.2 Å². The molecule has 1 aromatic rings. The smallest absolute Gasteiger partial charge is 0.105 e. The molecular weight excluding hydrogens is 324 g/mol. The molecule has 0 aromatic heterocycles. The first-order valence-electron chi connectivity index (χ1n) is 4.76. The first kappa shape index (κ1) is 13.2. The molecule has 0 aliphatic rings. The van der Waals surface area contributed by atoms with Crippen molar-refractivity contribution in [3.8, 4) is 0 Å². The van der Waals surface area contributed by atoms with E-state index in [1.165, 1.54) is 0 Å². The van der Waals surface area contributed by atoms with E-state index in [1.807, 2.05) is 24.3 Å². The van der Waals surface area contributed by atoms with Crippen molar-refractivity contribution in [2.75, 3.05) is 5.33 Å². The summed E-state index contributed by atoms with van der Waals surface area (Å²) in [6.07, 6.45) is -0.987. The summed E-state index contributed by atoms with van der Waals surface area (Å²) in [6, 6.07) is 7.57. The van der Waals surface area contributed by atoms with E-state index in [0.717, 1.165) is 11.1 Å². The van der Waals surface area contributed by atoms with Crippen LogP contribution in [-0.2, 0) is 5.33 Å². The monoisotopic (exact) mass is 336 g/mol. The zero-order chi connectivity index (χ0) is 11.3. The lowest BCUT2D eigenvalue weighted by atomic mass is 9.98. The van der Waals surface area contributed by atoms with Crippen molar-refractivity contribution in [1.82, 2.24) is 0 Å². The van der Waals surface area contributed by atoms with Crippen LogP contribution in [0.1, 0.15) is 23.7 Å². The van der Waals surface area contributed by atoms with Gasteiger partial charge in [0, 0.05) is 10.7 Å². The summed E-state index contributed by atoms with van der Waals surface area (Å²) in [7, 11) is 0. The van der Waals surface area contributed by atoms with Gasteiger partial charge in [-0.05, 0) is 17.5 Å². The van der Waals surface area contributed by atoms with Crippen LogP contribution in [0.2, 0.25) is 0 Å². The Kier molecular flexibility index (Phi) is 5.82.